The van der Waals surface area contributed by atoms with Crippen LogP contribution in [0.25, 0.3) is 11.3 Å². The second kappa shape index (κ2) is 8.09. The highest BCUT2D eigenvalue weighted by Crippen LogP contribution is 2.41. The van der Waals surface area contributed by atoms with E-state index in [1.54, 1.807) is 17.4 Å². The standard InChI is InChI=1S/C25H27F2N5S/c1-15-16(2)33-24(28-15)29-17(3)32-20-10-12-31(13-11-20)22-9-8-21(30-23(22)32)18-6-5-7-19(14-18)25(4,26)27/h5-9,14,20H,3,10-13H2,1-2,4H3,(H,28,29). The quantitative estimate of drug-likeness (QED) is 0.477. The van der Waals surface area contributed by atoms with Gasteiger partial charge in [0, 0.05) is 42.1 Å². The van der Waals surface area contributed by atoms with Crippen LogP contribution < -0.4 is 15.1 Å². The Hall–Kier alpha value is -3.00. The molecule has 3 aliphatic heterocycles. The van der Waals surface area contributed by atoms with E-state index in [1.165, 1.54) is 17.0 Å². The minimum Gasteiger partial charge on any atom is -0.368 e. The lowest BCUT2D eigenvalue weighted by molar-refractivity contribution is 0.0175. The molecule has 0 saturated carbocycles. The fourth-order valence-corrected chi connectivity index (χ4v) is 5.41. The van der Waals surface area contributed by atoms with Crippen LogP contribution in [0.4, 0.5) is 25.4 Å². The number of halogens is 2. The first-order chi connectivity index (χ1) is 15.7. The molecule has 1 fully saturated rings. The summed E-state index contributed by atoms with van der Waals surface area (Å²) < 4.78 is 27.9. The van der Waals surface area contributed by atoms with Crippen LogP contribution in [0.5, 0.6) is 0 Å². The van der Waals surface area contributed by atoms with Crippen molar-refractivity contribution in [1.29, 1.82) is 0 Å². The number of benzene rings is 1. The predicted molar refractivity (Wildman–Crippen MR) is 131 cm³/mol. The molecule has 0 unspecified atom stereocenters. The molecule has 1 saturated heterocycles. The Bertz CT molecular complexity index is 1190. The molecule has 1 N–H and O–H groups in total. The molecule has 6 rings (SSSR count). The number of hydrogen-bond donors (Lipinski definition) is 1. The van der Waals surface area contributed by atoms with Crippen molar-refractivity contribution in [3.05, 3.63) is 64.9 Å². The van der Waals surface area contributed by atoms with Gasteiger partial charge in [0.2, 0.25) is 0 Å². The Morgan fingerprint density at radius 3 is 2.58 bits per heavy atom. The number of piperidine rings is 1. The first kappa shape index (κ1) is 21.8. The van der Waals surface area contributed by atoms with Crippen molar-refractivity contribution >= 4 is 28.0 Å². The first-order valence-electron chi connectivity index (χ1n) is 11.1. The fraction of sp³-hybridized carbons (Fsp3) is 0.360. The van der Waals surface area contributed by atoms with Gasteiger partial charge in [0.1, 0.15) is 5.82 Å². The van der Waals surface area contributed by atoms with Crippen LogP contribution in [-0.2, 0) is 5.92 Å². The summed E-state index contributed by atoms with van der Waals surface area (Å²) in [5, 5.41) is 4.20. The van der Waals surface area contributed by atoms with Gasteiger partial charge in [-0.05, 0) is 44.9 Å². The van der Waals surface area contributed by atoms with Gasteiger partial charge in [-0.25, -0.2) is 18.7 Å². The van der Waals surface area contributed by atoms with Crippen molar-refractivity contribution < 1.29 is 8.78 Å². The zero-order chi connectivity index (χ0) is 23.3. The summed E-state index contributed by atoms with van der Waals surface area (Å²) in [6, 6.07) is 10.7. The lowest BCUT2D eigenvalue weighted by Gasteiger charge is -2.34. The largest absolute Gasteiger partial charge is 0.368 e. The maximum absolute atomic E-state index is 13.9. The summed E-state index contributed by atoms with van der Waals surface area (Å²) in [4.78, 5) is 15.3. The number of anilines is 3. The van der Waals surface area contributed by atoms with Crippen LogP contribution in [-0.4, -0.2) is 29.1 Å². The van der Waals surface area contributed by atoms with Gasteiger partial charge in [-0.1, -0.05) is 24.8 Å². The molecule has 33 heavy (non-hydrogen) atoms. The van der Waals surface area contributed by atoms with Gasteiger partial charge in [0.15, 0.2) is 10.9 Å². The molecule has 5 nitrogen and oxygen atoms in total. The van der Waals surface area contributed by atoms with Crippen LogP contribution in [0.15, 0.2) is 48.8 Å². The van der Waals surface area contributed by atoms with Gasteiger partial charge in [-0.3, -0.25) is 0 Å². The third kappa shape index (κ3) is 4.08. The number of aromatic nitrogens is 2. The normalized spacial score (nSPS) is 16.0. The molecule has 8 heteroatoms. The minimum absolute atomic E-state index is 0.0157. The smallest absolute Gasteiger partial charge is 0.270 e. The SMILES string of the molecule is C=C(Nc1nc(C)c(C)s1)N1c2nc(-c3cccc(C(C)(F)F)c3)ccc2N2CCC1CC2. The second-order valence-corrected chi connectivity index (χ2v) is 10.0. The number of thiazole rings is 1. The van der Waals surface area contributed by atoms with E-state index in [2.05, 4.69) is 39.7 Å². The van der Waals surface area contributed by atoms with Crippen LogP contribution in [0.3, 0.4) is 0 Å². The van der Waals surface area contributed by atoms with Crippen LogP contribution in [0, 0.1) is 13.8 Å². The topological polar surface area (TPSA) is 44.3 Å². The summed E-state index contributed by atoms with van der Waals surface area (Å²) in [7, 11) is 0. The van der Waals surface area contributed by atoms with Gasteiger partial charge in [0.05, 0.1) is 17.1 Å². The molecule has 0 spiro atoms. The molecule has 0 amide bonds. The molecular weight excluding hydrogens is 440 g/mol. The van der Waals surface area contributed by atoms with Gasteiger partial charge >= 0.3 is 0 Å². The van der Waals surface area contributed by atoms with E-state index in [0.29, 0.717) is 11.3 Å². The van der Waals surface area contributed by atoms with E-state index < -0.39 is 5.92 Å². The number of pyridine rings is 1. The maximum atomic E-state index is 13.9. The Morgan fingerprint density at radius 2 is 1.91 bits per heavy atom. The van der Waals surface area contributed by atoms with Gasteiger partial charge in [-0.15, -0.1) is 11.3 Å². The third-order valence-electron chi connectivity index (χ3n) is 6.49. The maximum Gasteiger partial charge on any atom is 0.270 e. The Balaban J connectivity index is 1.55. The first-order valence-corrected chi connectivity index (χ1v) is 12.0. The molecule has 172 valence electrons. The molecule has 2 aromatic heterocycles. The van der Waals surface area contributed by atoms with E-state index in [4.69, 9.17) is 4.98 Å². The summed E-state index contributed by atoms with van der Waals surface area (Å²) in [6.45, 7) is 11.2. The van der Waals surface area contributed by atoms with E-state index >= 15 is 0 Å². The number of hydrogen-bond acceptors (Lipinski definition) is 6. The van der Waals surface area contributed by atoms with Gasteiger partial charge < -0.3 is 15.1 Å². The lowest BCUT2D eigenvalue weighted by atomic mass is 10.0. The summed E-state index contributed by atoms with van der Waals surface area (Å²) in [6.07, 6.45) is 2.00. The summed E-state index contributed by atoms with van der Waals surface area (Å²) >= 11 is 1.60. The Labute approximate surface area is 196 Å². The number of nitrogens with one attached hydrogen (secondary N) is 1. The predicted octanol–water partition coefficient (Wildman–Crippen LogP) is 6.31. The molecular formula is C25H27F2N5S. The molecule has 0 atom stereocenters. The summed E-state index contributed by atoms with van der Waals surface area (Å²) in [5.74, 6) is -1.36. The monoisotopic (exact) mass is 467 g/mol. The minimum atomic E-state index is -2.90. The van der Waals surface area contributed by atoms with E-state index in [0.717, 1.165) is 61.0 Å². The van der Waals surface area contributed by atoms with E-state index in [1.807, 2.05) is 19.1 Å². The van der Waals surface area contributed by atoms with Crippen molar-refractivity contribution in [3.8, 4) is 11.3 Å². The summed E-state index contributed by atoms with van der Waals surface area (Å²) in [5.41, 5.74) is 3.38. The molecule has 0 aliphatic carbocycles. The molecule has 2 bridgehead atoms. The molecule has 1 aromatic carbocycles. The van der Waals surface area contributed by atoms with Crippen LogP contribution in [0.1, 0.15) is 35.9 Å². The van der Waals surface area contributed by atoms with E-state index in [9.17, 15) is 8.78 Å². The number of aryl methyl sites for hydroxylation is 2. The third-order valence-corrected chi connectivity index (χ3v) is 7.48. The average Bonchev–Trinajstić information content (AvgIpc) is 2.95. The number of fused-ring (bicyclic) bond motifs is 2. The van der Waals surface area contributed by atoms with Crippen molar-refractivity contribution in [1.82, 2.24) is 9.97 Å². The highest BCUT2D eigenvalue weighted by molar-refractivity contribution is 7.15. The van der Waals surface area contributed by atoms with Gasteiger partial charge in [-0.2, -0.15) is 0 Å². The number of nitrogens with zero attached hydrogens (tertiary/aromatic N) is 4. The number of rotatable bonds is 5. The van der Waals surface area contributed by atoms with Crippen molar-refractivity contribution in [2.45, 2.75) is 45.6 Å². The van der Waals surface area contributed by atoms with Crippen LogP contribution >= 0.6 is 11.3 Å². The molecule has 0 radical (unpaired) electrons. The van der Waals surface area contributed by atoms with Crippen molar-refractivity contribution in [3.63, 3.8) is 0 Å². The second-order valence-electron chi connectivity index (χ2n) is 8.83. The highest BCUT2D eigenvalue weighted by Gasteiger charge is 2.35. The number of alkyl halides is 2. The lowest BCUT2D eigenvalue weighted by Crippen LogP contribution is -2.41. The molecule has 5 heterocycles. The van der Waals surface area contributed by atoms with Crippen molar-refractivity contribution in [2.24, 2.45) is 0 Å². The average molecular weight is 468 g/mol. The zero-order valence-electron chi connectivity index (χ0n) is 19.0. The Morgan fingerprint density at radius 1 is 1.15 bits per heavy atom. The van der Waals surface area contributed by atoms with Gasteiger partial charge in [0.25, 0.3) is 5.92 Å². The Kier molecular flexibility index (Phi) is 5.35. The van der Waals surface area contributed by atoms with E-state index in [-0.39, 0.29) is 11.6 Å². The van der Waals surface area contributed by atoms with Crippen molar-refractivity contribution in [2.75, 3.05) is 28.2 Å². The fourth-order valence-electron chi connectivity index (χ4n) is 4.57. The van der Waals surface area contributed by atoms with Crippen LogP contribution in [0.2, 0.25) is 0 Å². The molecule has 3 aromatic rings. The zero-order valence-corrected chi connectivity index (χ0v) is 19.8. The molecule has 3 aliphatic rings. The highest BCUT2D eigenvalue weighted by atomic mass is 32.1.